The predicted octanol–water partition coefficient (Wildman–Crippen LogP) is 2.77. The molecule has 0 aliphatic carbocycles. The molecule has 19 heavy (non-hydrogen) atoms. The second kappa shape index (κ2) is 6.12. The van der Waals surface area contributed by atoms with Crippen molar-refractivity contribution in [3.05, 3.63) is 28.2 Å². The van der Waals surface area contributed by atoms with Crippen molar-refractivity contribution in [1.82, 2.24) is 4.90 Å². The van der Waals surface area contributed by atoms with Gasteiger partial charge in [0.15, 0.2) is 0 Å². The molecule has 0 atom stereocenters. The van der Waals surface area contributed by atoms with Crippen LogP contribution in [0.4, 0.5) is 10.5 Å². The molecule has 0 aromatic heterocycles. The van der Waals surface area contributed by atoms with Crippen LogP contribution in [0, 0.1) is 0 Å². The molecule has 1 aliphatic heterocycles. The Hall–Kier alpha value is -1.46. The minimum atomic E-state index is -0.376. The molecule has 1 aliphatic rings. The van der Waals surface area contributed by atoms with Gasteiger partial charge in [-0.25, -0.2) is 4.79 Å². The highest BCUT2D eigenvalue weighted by Gasteiger charge is 2.22. The number of hydrogen-bond donors (Lipinski definition) is 1. The van der Waals surface area contributed by atoms with Gasteiger partial charge in [0.1, 0.15) is 6.61 Å². The summed E-state index contributed by atoms with van der Waals surface area (Å²) in [6, 6.07) is 4.80. The van der Waals surface area contributed by atoms with E-state index >= 15 is 0 Å². The summed E-state index contributed by atoms with van der Waals surface area (Å²) in [6.45, 7) is 1.23. The number of cyclic esters (lactones) is 1. The Morgan fingerprint density at radius 2 is 2.00 bits per heavy atom. The van der Waals surface area contributed by atoms with Crippen molar-refractivity contribution in [2.75, 3.05) is 25.0 Å². The van der Waals surface area contributed by atoms with Crippen LogP contribution in [0.15, 0.2) is 18.2 Å². The van der Waals surface area contributed by atoms with Crippen LogP contribution in [-0.4, -0.2) is 36.6 Å². The van der Waals surface area contributed by atoms with E-state index in [0.29, 0.717) is 35.4 Å². The summed E-state index contributed by atoms with van der Waals surface area (Å²) in [5.41, 5.74) is 0.534. The molecule has 1 N–H and O–H groups in total. The summed E-state index contributed by atoms with van der Waals surface area (Å²) in [4.78, 5) is 24.4. The highest BCUT2D eigenvalue weighted by atomic mass is 35.5. The number of benzene rings is 1. The summed E-state index contributed by atoms with van der Waals surface area (Å²) in [7, 11) is 0. The molecule has 102 valence electrons. The van der Waals surface area contributed by atoms with Crippen molar-refractivity contribution >= 4 is 40.9 Å². The van der Waals surface area contributed by atoms with Crippen molar-refractivity contribution in [2.24, 2.45) is 0 Å². The summed E-state index contributed by atoms with van der Waals surface area (Å²) in [5.74, 6) is -0.210. The van der Waals surface area contributed by atoms with E-state index in [2.05, 4.69) is 5.32 Å². The van der Waals surface area contributed by atoms with Gasteiger partial charge in [-0.2, -0.15) is 0 Å². The molecular formula is C12H12Cl2N2O3. The Bertz CT molecular complexity index is 487. The lowest BCUT2D eigenvalue weighted by molar-refractivity contribution is -0.116. The van der Waals surface area contributed by atoms with Gasteiger partial charge >= 0.3 is 6.09 Å². The number of anilines is 1. The molecular weight excluding hydrogens is 291 g/mol. The Kier molecular flexibility index (Phi) is 4.50. The summed E-state index contributed by atoms with van der Waals surface area (Å²) in [6.07, 6.45) is -0.183. The van der Waals surface area contributed by atoms with Crippen molar-refractivity contribution in [3.8, 4) is 0 Å². The molecule has 0 saturated carbocycles. The van der Waals surface area contributed by atoms with Gasteiger partial charge in [-0.3, -0.25) is 4.79 Å². The zero-order chi connectivity index (χ0) is 13.8. The topological polar surface area (TPSA) is 58.6 Å². The smallest absolute Gasteiger partial charge is 0.409 e. The average Bonchev–Trinajstić information content (AvgIpc) is 2.71. The van der Waals surface area contributed by atoms with Crippen molar-refractivity contribution in [2.45, 2.75) is 6.42 Å². The number of hydrogen-bond acceptors (Lipinski definition) is 3. The number of nitrogens with one attached hydrogen (secondary N) is 1. The molecule has 1 aromatic carbocycles. The average molecular weight is 303 g/mol. The molecule has 2 amide bonds. The van der Waals surface area contributed by atoms with Gasteiger partial charge in [-0.15, -0.1) is 0 Å². The zero-order valence-electron chi connectivity index (χ0n) is 9.99. The van der Waals surface area contributed by atoms with E-state index in [9.17, 15) is 9.59 Å². The summed E-state index contributed by atoms with van der Waals surface area (Å²) < 4.78 is 4.77. The van der Waals surface area contributed by atoms with Crippen molar-refractivity contribution in [3.63, 3.8) is 0 Å². The normalized spacial score (nSPS) is 14.4. The second-order valence-electron chi connectivity index (χ2n) is 4.06. The first-order chi connectivity index (χ1) is 9.04. The van der Waals surface area contributed by atoms with Crippen LogP contribution in [0.2, 0.25) is 10.0 Å². The van der Waals surface area contributed by atoms with Gasteiger partial charge < -0.3 is 15.0 Å². The minimum Gasteiger partial charge on any atom is -0.448 e. The van der Waals surface area contributed by atoms with Crippen molar-refractivity contribution < 1.29 is 14.3 Å². The Labute approximate surface area is 120 Å². The van der Waals surface area contributed by atoms with Gasteiger partial charge in [-0.05, 0) is 18.2 Å². The van der Waals surface area contributed by atoms with Crippen LogP contribution >= 0.6 is 23.2 Å². The summed E-state index contributed by atoms with van der Waals surface area (Å²) in [5, 5.41) is 3.58. The molecule has 1 saturated heterocycles. The van der Waals surface area contributed by atoms with Gasteiger partial charge in [0.05, 0.1) is 6.54 Å². The van der Waals surface area contributed by atoms with Crippen LogP contribution in [0.5, 0.6) is 0 Å². The van der Waals surface area contributed by atoms with Crippen LogP contribution in [-0.2, 0) is 9.53 Å². The van der Waals surface area contributed by atoms with E-state index < -0.39 is 0 Å². The first-order valence-corrected chi connectivity index (χ1v) is 6.48. The third kappa shape index (κ3) is 4.01. The third-order valence-electron chi connectivity index (χ3n) is 2.60. The van der Waals surface area contributed by atoms with E-state index in [1.165, 1.54) is 4.90 Å². The molecule has 5 nitrogen and oxygen atoms in total. The maximum Gasteiger partial charge on any atom is 0.409 e. The molecule has 1 aromatic rings. The van der Waals surface area contributed by atoms with Gasteiger partial charge in [-0.1, -0.05) is 23.2 Å². The third-order valence-corrected chi connectivity index (χ3v) is 3.04. The summed E-state index contributed by atoms with van der Waals surface area (Å²) >= 11 is 11.7. The lowest BCUT2D eigenvalue weighted by Crippen LogP contribution is -2.28. The van der Waals surface area contributed by atoms with Gasteiger partial charge in [0, 0.05) is 28.7 Å². The number of ether oxygens (including phenoxy) is 1. The first kappa shape index (κ1) is 14.0. The predicted molar refractivity (Wildman–Crippen MR) is 72.6 cm³/mol. The maximum atomic E-state index is 11.7. The lowest BCUT2D eigenvalue weighted by atomic mass is 10.3. The van der Waals surface area contributed by atoms with Crippen LogP contribution in [0.1, 0.15) is 6.42 Å². The molecule has 0 radical (unpaired) electrons. The molecule has 7 heteroatoms. The number of halogens is 2. The van der Waals surface area contributed by atoms with E-state index in [4.69, 9.17) is 27.9 Å². The monoisotopic (exact) mass is 302 g/mol. The van der Waals surface area contributed by atoms with Crippen LogP contribution < -0.4 is 5.32 Å². The van der Waals surface area contributed by atoms with Gasteiger partial charge in [0.25, 0.3) is 0 Å². The fourth-order valence-electron chi connectivity index (χ4n) is 1.71. The largest absolute Gasteiger partial charge is 0.448 e. The molecule has 0 unspecified atom stereocenters. The fraction of sp³-hybridized carbons (Fsp3) is 0.333. The SMILES string of the molecule is O=C(CCN1CCOC1=O)Nc1cc(Cl)cc(Cl)c1. The van der Waals surface area contributed by atoms with E-state index in [-0.39, 0.29) is 18.4 Å². The highest BCUT2D eigenvalue weighted by Crippen LogP contribution is 2.22. The lowest BCUT2D eigenvalue weighted by Gasteiger charge is -2.12. The molecule has 0 spiro atoms. The Morgan fingerprint density at radius 3 is 2.58 bits per heavy atom. The number of rotatable bonds is 4. The van der Waals surface area contributed by atoms with Crippen molar-refractivity contribution in [1.29, 1.82) is 0 Å². The van der Waals surface area contributed by atoms with E-state index in [1.807, 2.05) is 0 Å². The zero-order valence-corrected chi connectivity index (χ0v) is 11.5. The number of carbonyl (C=O) groups excluding carboxylic acids is 2. The fourth-order valence-corrected chi connectivity index (χ4v) is 2.24. The second-order valence-corrected chi connectivity index (χ2v) is 4.93. The van der Waals surface area contributed by atoms with Crippen LogP contribution in [0.3, 0.4) is 0 Å². The Morgan fingerprint density at radius 1 is 1.32 bits per heavy atom. The van der Waals surface area contributed by atoms with E-state index in [0.717, 1.165) is 0 Å². The molecule has 2 rings (SSSR count). The van der Waals surface area contributed by atoms with Gasteiger partial charge in [0.2, 0.25) is 5.91 Å². The minimum absolute atomic E-state index is 0.194. The van der Waals surface area contributed by atoms with Crippen LogP contribution in [0.25, 0.3) is 0 Å². The first-order valence-electron chi connectivity index (χ1n) is 5.72. The number of carbonyl (C=O) groups is 2. The molecule has 1 fully saturated rings. The highest BCUT2D eigenvalue weighted by molar-refractivity contribution is 6.35. The van der Waals surface area contributed by atoms with E-state index in [1.54, 1.807) is 18.2 Å². The quantitative estimate of drug-likeness (QED) is 0.930. The number of nitrogens with zero attached hydrogens (tertiary/aromatic N) is 1. The molecule has 1 heterocycles. The standard InChI is InChI=1S/C12H12Cl2N2O3/c13-8-5-9(14)7-10(6-8)15-11(17)1-2-16-3-4-19-12(16)18/h5-7H,1-4H2,(H,15,17). The Balaban J connectivity index is 1.85. The molecule has 0 bridgehead atoms. The number of amides is 2. The maximum absolute atomic E-state index is 11.7.